The highest BCUT2D eigenvalue weighted by Gasteiger charge is 2.23. The second kappa shape index (κ2) is 4.96. The maximum Gasteiger partial charge on any atom is 0.159 e. The molecule has 1 atom stereocenters. The number of aromatic nitrogens is 1. The average molecular weight is 251 g/mol. The van der Waals surface area contributed by atoms with Crippen molar-refractivity contribution in [3.8, 4) is 0 Å². The van der Waals surface area contributed by atoms with Crippen LogP contribution in [0.1, 0.15) is 52.9 Å². The lowest BCUT2D eigenvalue weighted by molar-refractivity contribution is 0.101. The van der Waals surface area contributed by atoms with Crippen LogP contribution in [-0.2, 0) is 6.42 Å². The van der Waals surface area contributed by atoms with E-state index < -0.39 is 0 Å². The van der Waals surface area contributed by atoms with Gasteiger partial charge in [0.2, 0.25) is 0 Å². The Hall–Kier alpha value is -1.96. The van der Waals surface area contributed by atoms with Gasteiger partial charge in [0.1, 0.15) is 0 Å². The molecule has 0 saturated carbocycles. The van der Waals surface area contributed by atoms with Crippen molar-refractivity contribution in [2.24, 2.45) is 0 Å². The van der Waals surface area contributed by atoms with Crippen molar-refractivity contribution in [1.29, 1.82) is 0 Å². The third kappa shape index (κ3) is 2.30. The molecule has 1 aliphatic carbocycles. The molecule has 0 fully saturated rings. The van der Waals surface area contributed by atoms with Crippen LogP contribution < -0.4 is 0 Å². The van der Waals surface area contributed by atoms with Crippen LogP contribution in [0.5, 0.6) is 0 Å². The zero-order chi connectivity index (χ0) is 13.2. The van der Waals surface area contributed by atoms with Gasteiger partial charge in [-0.2, -0.15) is 0 Å². The first-order valence-corrected chi connectivity index (χ1v) is 6.80. The van der Waals surface area contributed by atoms with E-state index >= 15 is 0 Å². The van der Waals surface area contributed by atoms with E-state index in [0.717, 1.165) is 18.4 Å². The molecule has 1 aromatic carbocycles. The van der Waals surface area contributed by atoms with Crippen LogP contribution in [0.4, 0.5) is 0 Å². The van der Waals surface area contributed by atoms with E-state index in [1.807, 2.05) is 30.5 Å². The molecule has 1 heterocycles. The van der Waals surface area contributed by atoms with Crippen LogP contribution in [0, 0.1) is 0 Å². The number of rotatable bonds is 2. The van der Waals surface area contributed by atoms with Gasteiger partial charge in [0, 0.05) is 17.7 Å². The molecule has 0 N–H and O–H groups in total. The summed E-state index contributed by atoms with van der Waals surface area (Å²) in [5.41, 5.74) is 4.55. The average Bonchev–Trinajstić information content (AvgIpc) is 2.47. The molecule has 2 nitrogen and oxygen atoms in total. The van der Waals surface area contributed by atoms with Crippen molar-refractivity contribution in [2.75, 3.05) is 0 Å². The molecule has 0 aliphatic heterocycles. The van der Waals surface area contributed by atoms with Crippen LogP contribution in [0.15, 0.2) is 42.6 Å². The zero-order valence-corrected chi connectivity index (χ0v) is 11.1. The molecular formula is C17H17NO. The first kappa shape index (κ1) is 12.1. The highest BCUT2D eigenvalue weighted by atomic mass is 16.1. The predicted octanol–water partition coefficient (Wildman–Crippen LogP) is 3.75. The molecule has 3 rings (SSSR count). The Kier molecular flexibility index (Phi) is 3.16. The lowest BCUT2D eigenvalue weighted by Gasteiger charge is -2.24. The van der Waals surface area contributed by atoms with E-state index in [2.05, 4.69) is 17.1 Å². The van der Waals surface area contributed by atoms with Crippen LogP contribution in [-0.4, -0.2) is 10.8 Å². The summed E-state index contributed by atoms with van der Waals surface area (Å²) in [5, 5.41) is 0. The van der Waals surface area contributed by atoms with Gasteiger partial charge in [-0.25, -0.2) is 0 Å². The van der Waals surface area contributed by atoms with Crippen LogP contribution in [0.25, 0.3) is 0 Å². The van der Waals surface area contributed by atoms with Gasteiger partial charge >= 0.3 is 0 Å². The number of fused-ring (bicyclic) bond motifs is 1. The number of Topliss-reactive ketones (excluding diaryl/α,β-unsaturated/α-hetero) is 1. The van der Waals surface area contributed by atoms with Crippen molar-refractivity contribution in [3.05, 3.63) is 65.0 Å². The second-order valence-corrected chi connectivity index (χ2v) is 5.17. The Balaban J connectivity index is 2.04. The first-order chi connectivity index (χ1) is 9.25. The molecule has 0 radical (unpaired) electrons. The summed E-state index contributed by atoms with van der Waals surface area (Å²) in [7, 11) is 0. The third-order valence-corrected chi connectivity index (χ3v) is 3.89. The van der Waals surface area contributed by atoms with Crippen molar-refractivity contribution >= 4 is 5.78 Å². The summed E-state index contributed by atoms with van der Waals surface area (Å²) in [6.45, 7) is 1.62. The predicted molar refractivity (Wildman–Crippen MR) is 75.5 cm³/mol. The Labute approximate surface area is 113 Å². The molecule has 96 valence electrons. The minimum Gasteiger partial charge on any atom is -0.295 e. The summed E-state index contributed by atoms with van der Waals surface area (Å²) in [5.74, 6) is 0.461. The number of nitrogens with zero attached hydrogens (tertiary/aromatic N) is 1. The number of carbonyl (C=O) groups is 1. The van der Waals surface area contributed by atoms with Crippen LogP contribution in [0.2, 0.25) is 0 Å². The lowest BCUT2D eigenvalue weighted by atomic mass is 9.81. The molecule has 0 amide bonds. The standard InChI is InChI=1S/C17H17NO/c1-12(19)14-6-2-7-15(11-14)16-9-3-5-13-8-4-10-18-17(13)16/h2,4,6-8,10-11,16H,3,5,9H2,1H3. The van der Waals surface area contributed by atoms with Crippen molar-refractivity contribution in [3.63, 3.8) is 0 Å². The van der Waals surface area contributed by atoms with E-state index in [1.54, 1.807) is 6.92 Å². The van der Waals surface area contributed by atoms with Gasteiger partial charge in [-0.1, -0.05) is 24.3 Å². The Morgan fingerprint density at radius 3 is 3.00 bits per heavy atom. The molecule has 1 unspecified atom stereocenters. The smallest absolute Gasteiger partial charge is 0.159 e. The maximum atomic E-state index is 11.5. The normalized spacial score (nSPS) is 17.8. The summed E-state index contributed by atoms with van der Waals surface area (Å²) < 4.78 is 0. The molecule has 0 bridgehead atoms. The number of pyridine rings is 1. The number of carbonyl (C=O) groups excluding carboxylic acids is 1. The lowest BCUT2D eigenvalue weighted by Crippen LogP contribution is -2.13. The monoisotopic (exact) mass is 251 g/mol. The minimum absolute atomic E-state index is 0.124. The van der Waals surface area contributed by atoms with Crippen molar-refractivity contribution < 1.29 is 4.79 Å². The largest absolute Gasteiger partial charge is 0.295 e. The Morgan fingerprint density at radius 1 is 1.26 bits per heavy atom. The topological polar surface area (TPSA) is 30.0 Å². The minimum atomic E-state index is 0.124. The number of benzene rings is 1. The highest BCUT2D eigenvalue weighted by Crippen LogP contribution is 2.35. The van der Waals surface area contributed by atoms with Crippen molar-refractivity contribution in [2.45, 2.75) is 32.1 Å². The number of aryl methyl sites for hydroxylation is 1. The van der Waals surface area contributed by atoms with Crippen LogP contribution in [0.3, 0.4) is 0 Å². The van der Waals surface area contributed by atoms with Crippen molar-refractivity contribution in [1.82, 2.24) is 4.98 Å². The molecule has 0 saturated heterocycles. The van der Waals surface area contributed by atoms with E-state index in [-0.39, 0.29) is 5.78 Å². The summed E-state index contributed by atoms with van der Waals surface area (Å²) in [6, 6.07) is 12.2. The summed E-state index contributed by atoms with van der Waals surface area (Å²) in [6.07, 6.45) is 5.29. The van der Waals surface area contributed by atoms with Gasteiger partial charge in [0.15, 0.2) is 5.78 Å². The van der Waals surface area contributed by atoms with Gasteiger partial charge < -0.3 is 0 Å². The fourth-order valence-corrected chi connectivity index (χ4v) is 2.91. The number of hydrogen-bond acceptors (Lipinski definition) is 2. The van der Waals surface area contributed by atoms with Gasteiger partial charge in [-0.15, -0.1) is 0 Å². The van der Waals surface area contributed by atoms with Crippen LogP contribution >= 0.6 is 0 Å². The fraction of sp³-hybridized carbons (Fsp3) is 0.294. The molecule has 0 spiro atoms. The van der Waals surface area contributed by atoms with E-state index in [9.17, 15) is 4.79 Å². The highest BCUT2D eigenvalue weighted by molar-refractivity contribution is 5.94. The first-order valence-electron chi connectivity index (χ1n) is 6.80. The van der Waals surface area contributed by atoms with E-state index in [4.69, 9.17) is 0 Å². The zero-order valence-electron chi connectivity index (χ0n) is 11.1. The Morgan fingerprint density at radius 2 is 2.16 bits per heavy atom. The quantitative estimate of drug-likeness (QED) is 0.761. The Bertz CT molecular complexity index is 618. The fourth-order valence-electron chi connectivity index (χ4n) is 2.91. The second-order valence-electron chi connectivity index (χ2n) is 5.17. The molecule has 1 aliphatic rings. The number of hydrogen-bond donors (Lipinski definition) is 0. The molecule has 2 heteroatoms. The molecular weight excluding hydrogens is 234 g/mol. The number of ketones is 1. The van der Waals surface area contributed by atoms with Gasteiger partial charge in [0.05, 0.1) is 5.69 Å². The third-order valence-electron chi connectivity index (χ3n) is 3.89. The summed E-state index contributed by atoms with van der Waals surface area (Å²) >= 11 is 0. The molecule has 2 aromatic rings. The van der Waals surface area contributed by atoms with Gasteiger partial charge in [-0.05, 0) is 49.4 Å². The SMILES string of the molecule is CC(=O)c1cccc(C2CCCc3cccnc32)c1. The molecule has 1 aromatic heterocycles. The maximum absolute atomic E-state index is 11.5. The summed E-state index contributed by atoms with van der Waals surface area (Å²) in [4.78, 5) is 16.1. The van der Waals surface area contributed by atoms with E-state index in [0.29, 0.717) is 5.92 Å². The van der Waals surface area contributed by atoms with Gasteiger partial charge in [-0.3, -0.25) is 9.78 Å². The van der Waals surface area contributed by atoms with Gasteiger partial charge in [0.25, 0.3) is 0 Å². The van der Waals surface area contributed by atoms with E-state index in [1.165, 1.54) is 23.2 Å². The molecule has 19 heavy (non-hydrogen) atoms.